The number of ether oxygens (including phenoxy) is 1. The van der Waals surface area contributed by atoms with E-state index in [1.165, 1.54) is 37.4 Å². The predicted octanol–water partition coefficient (Wildman–Crippen LogP) is 2.40. The molecule has 0 saturated carbocycles. The Bertz CT molecular complexity index is 1110. The van der Waals surface area contributed by atoms with E-state index in [0.717, 1.165) is 10.9 Å². The second kappa shape index (κ2) is 7.37. The SMILES string of the molecule is COC(=O)c1cc(S(N)(=O)=O)ccc1NCCc1c[nH]c2cc(F)ccc12. The van der Waals surface area contributed by atoms with E-state index in [0.29, 0.717) is 24.2 Å². The number of methoxy groups -OCH3 is 1. The van der Waals surface area contributed by atoms with Crippen molar-refractivity contribution in [1.82, 2.24) is 4.98 Å². The minimum Gasteiger partial charge on any atom is -0.465 e. The van der Waals surface area contributed by atoms with Crippen molar-refractivity contribution in [2.24, 2.45) is 5.14 Å². The van der Waals surface area contributed by atoms with E-state index in [4.69, 9.17) is 9.88 Å². The molecule has 0 atom stereocenters. The summed E-state index contributed by atoms with van der Waals surface area (Å²) in [6.45, 7) is 0.461. The molecule has 0 bridgehead atoms. The van der Waals surface area contributed by atoms with Gasteiger partial charge in [-0.25, -0.2) is 22.7 Å². The molecule has 27 heavy (non-hydrogen) atoms. The zero-order chi connectivity index (χ0) is 19.6. The highest BCUT2D eigenvalue weighted by Crippen LogP contribution is 2.22. The van der Waals surface area contributed by atoms with Gasteiger partial charge in [0, 0.05) is 29.3 Å². The van der Waals surface area contributed by atoms with Gasteiger partial charge in [0.2, 0.25) is 10.0 Å². The van der Waals surface area contributed by atoms with E-state index in [2.05, 4.69) is 10.3 Å². The largest absolute Gasteiger partial charge is 0.465 e. The molecule has 7 nitrogen and oxygen atoms in total. The highest BCUT2D eigenvalue weighted by atomic mass is 32.2. The molecule has 0 saturated heterocycles. The lowest BCUT2D eigenvalue weighted by atomic mass is 10.1. The first-order chi connectivity index (χ1) is 12.8. The average molecular weight is 391 g/mol. The van der Waals surface area contributed by atoms with Crippen LogP contribution in [0.15, 0.2) is 47.5 Å². The number of esters is 1. The van der Waals surface area contributed by atoms with Gasteiger partial charge in [-0.15, -0.1) is 0 Å². The van der Waals surface area contributed by atoms with Crippen molar-refractivity contribution in [2.75, 3.05) is 19.0 Å². The van der Waals surface area contributed by atoms with Crippen molar-refractivity contribution >= 4 is 32.6 Å². The second-order valence-corrected chi connectivity index (χ2v) is 7.49. The van der Waals surface area contributed by atoms with Crippen molar-refractivity contribution in [3.63, 3.8) is 0 Å². The normalized spacial score (nSPS) is 11.5. The molecular formula is C18H18FN3O4S. The first-order valence-electron chi connectivity index (χ1n) is 8.04. The number of fused-ring (bicyclic) bond motifs is 1. The van der Waals surface area contributed by atoms with Gasteiger partial charge >= 0.3 is 5.97 Å². The van der Waals surface area contributed by atoms with Crippen LogP contribution in [-0.2, 0) is 21.2 Å². The van der Waals surface area contributed by atoms with Gasteiger partial charge in [0.15, 0.2) is 0 Å². The van der Waals surface area contributed by atoms with Crippen molar-refractivity contribution in [2.45, 2.75) is 11.3 Å². The van der Waals surface area contributed by atoms with E-state index in [-0.39, 0.29) is 16.3 Å². The monoisotopic (exact) mass is 391 g/mol. The van der Waals surface area contributed by atoms with Gasteiger partial charge in [0.25, 0.3) is 0 Å². The average Bonchev–Trinajstić information content (AvgIpc) is 3.02. The van der Waals surface area contributed by atoms with Crippen molar-refractivity contribution in [1.29, 1.82) is 0 Å². The van der Waals surface area contributed by atoms with Gasteiger partial charge < -0.3 is 15.0 Å². The van der Waals surface area contributed by atoms with E-state index in [9.17, 15) is 17.6 Å². The summed E-state index contributed by atoms with van der Waals surface area (Å²) in [4.78, 5) is 14.8. The number of anilines is 1. The number of nitrogens with two attached hydrogens (primary N) is 1. The Morgan fingerprint density at radius 1 is 1.26 bits per heavy atom. The summed E-state index contributed by atoms with van der Waals surface area (Å²) in [5, 5.41) is 9.12. The van der Waals surface area contributed by atoms with Crippen LogP contribution in [0, 0.1) is 5.82 Å². The molecule has 0 aliphatic rings. The van der Waals surface area contributed by atoms with Gasteiger partial charge in [0.05, 0.1) is 17.6 Å². The number of carbonyl (C=O) groups is 1. The lowest BCUT2D eigenvalue weighted by Crippen LogP contribution is -2.15. The highest BCUT2D eigenvalue weighted by molar-refractivity contribution is 7.89. The summed E-state index contributed by atoms with van der Waals surface area (Å²) >= 11 is 0. The Morgan fingerprint density at radius 2 is 2.04 bits per heavy atom. The summed E-state index contributed by atoms with van der Waals surface area (Å²) in [5.41, 5.74) is 2.20. The topological polar surface area (TPSA) is 114 Å². The minimum absolute atomic E-state index is 0.0741. The number of benzene rings is 2. The van der Waals surface area contributed by atoms with Crippen LogP contribution in [0.1, 0.15) is 15.9 Å². The van der Waals surface area contributed by atoms with Crippen LogP contribution >= 0.6 is 0 Å². The van der Waals surface area contributed by atoms with E-state index in [1.54, 1.807) is 12.3 Å². The smallest absolute Gasteiger partial charge is 0.340 e. The number of aromatic amines is 1. The van der Waals surface area contributed by atoms with E-state index >= 15 is 0 Å². The number of aromatic nitrogens is 1. The molecule has 3 aromatic rings. The molecule has 1 heterocycles. The van der Waals surface area contributed by atoms with Crippen LogP contribution in [0.25, 0.3) is 10.9 Å². The summed E-state index contributed by atoms with van der Waals surface area (Å²) in [6, 6.07) is 8.49. The fraction of sp³-hybridized carbons (Fsp3) is 0.167. The zero-order valence-corrected chi connectivity index (χ0v) is 15.3. The lowest BCUT2D eigenvalue weighted by molar-refractivity contribution is 0.0601. The van der Waals surface area contributed by atoms with E-state index in [1.807, 2.05) is 0 Å². The van der Waals surface area contributed by atoms with Crippen LogP contribution in [-0.4, -0.2) is 33.0 Å². The number of H-pyrrole nitrogens is 1. The molecule has 3 rings (SSSR count). The van der Waals surface area contributed by atoms with E-state index < -0.39 is 16.0 Å². The minimum atomic E-state index is -3.94. The molecular weight excluding hydrogens is 373 g/mol. The third-order valence-electron chi connectivity index (χ3n) is 4.16. The van der Waals surface area contributed by atoms with Crippen LogP contribution in [0.5, 0.6) is 0 Å². The summed E-state index contributed by atoms with van der Waals surface area (Å²) in [6.07, 6.45) is 2.40. The van der Waals surface area contributed by atoms with Crippen LogP contribution in [0.4, 0.5) is 10.1 Å². The number of primary sulfonamides is 1. The van der Waals surface area contributed by atoms with Gasteiger partial charge in [0.1, 0.15) is 5.82 Å². The Kier molecular flexibility index (Phi) is 5.15. The summed E-state index contributed by atoms with van der Waals surface area (Å²) in [5.74, 6) is -0.989. The van der Waals surface area contributed by atoms with Crippen molar-refractivity contribution in [3.05, 3.63) is 59.5 Å². The third kappa shape index (κ3) is 4.09. The van der Waals surface area contributed by atoms with Crippen molar-refractivity contribution < 1.29 is 22.3 Å². The molecule has 9 heteroatoms. The molecule has 0 aliphatic heterocycles. The number of hydrogen-bond acceptors (Lipinski definition) is 5. The van der Waals surface area contributed by atoms with Crippen LogP contribution < -0.4 is 10.5 Å². The molecule has 142 valence electrons. The Morgan fingerprint density at radius 3 is 2.74 bits per heavy atom. The molecule has 0 spiro atoms. The third-order valence-corrected chi connectivity index (χ3v) is 5.08. The number of sulfonamides is 1. The molecule has 0 fully saturated rings. The van der Waals surface area contributed by atoms with Crippen LogP contribution in [0.2, 0.25) is 0 Å². The van der Waals surface area contributed by atoms with Gasteiger partial charge in [-0.3, -0.25) is 0 Å². The van der Waals surface area contributed by atoms with Crippen LogP contribution in [0.3, 0.4) is 0 Å². The standard InChI is InChI=1S/C18H18FN3O4S/c1-26-18(23)15-9-13(27(20,24)25)3-5-16(15)21-7-6-11-10-22-17-8-12(19)2-4-14(11)17/h2-5,8-10,21-22H,6-7H2,1H3,(H2,20,24,25). The number of hydrogen-bond donors (Lipinski definition) is 3. The first-order valence-corrected chi connectivity index (χ1v) is 9.59. The molecule has 0 unspecified atom stereocenters. The number of carbonyl (C=O) groups excluding carboxylic acids is 1. The second-order valence-electron chi connectivity index (χ2n) is 5.92. The maximum absolute atomic E-state index is 13.3. The zero-order valence-electron chi connectivity index (χ0n) is 14.5. The predicted molar refractivity (Wildman–Crippen MR) is 99.6 cm³/mol. The highest BCUT2D eigenvalue weighted by Gasteiger charge is 2.17. The summed E-state index contributed by atoms with van der Waals surface area (Å²) < 4.78 is 41.0. The molecule has 4 N–H and O–H groups in total. The number of halogens is 1. The Balaban J connectivity index is 1.79. The molecule has 1 aromatic heterocycles. The number of rotatable bonds is 6. The summed E-state index contributed by atoms with van der Waals surface area (Å²) in [7, 11) is -2.73. The maximum Gasteiger partial charge on any atom is 0.340 e. The molecule has 2 aromatic carbocycles. The molecule has 0 radical (unpaired) electrons. The maximum atomic E-state index is 13.3. The van der Waals surface area contributed by atoms with Gasteiger partial charge in [-0.05, 0) is 48.4 Å². The number of nitrogens with one attached hydrogen (secondary N) is 2. The Hall–Kier alpha value is -2.91. The van der Waals surface area contributed by atoms with Crippen molar-refractivity contribution in [3.8, 4) is 0 Å². The molecule has 0 aliphatic carbocycles. The molecule has 0 amide bonds. The first kappa shape index (κ1) is 18.9. The Labute approximate surface area is 155 Å². The lowest BCUT2D eigenvalue weighted by Gasteiger charge is -2.12. The fourth-order valence-corrected chi connectivity index (χ4v) is 3.37. The van der Waals surface area contributed by atoms with Gasteiger partial charge in [-0.1, -0.05) is 0 Å². The van der Waals surface area contributed by atoms with Gasteiger partial charge in [-0.2, -0.15) is 0 Å². The fourth-order valence-electron chi connectivity index (χ4n) is 2.83. The quantitative estimate of drug-likeness (QED) is 0.558.